The molecule has 0 fully saturated rings. The Morgan fingerprint density at radius 2 is 2.07 bits per heavy atom. The van der Waals surface area contributed by atoms with Crippen LogP contribution < -0.4 is 0 Å². The quantitative estimate of drug-likeness (QED) is 0.433. The van der Waals surface area contributed by atoms with Crippen LogP contribution in [-0.4, -0.2) is 62.0 Å². The predicted molar refractivity (Wildman–Crippen MR) is 56.7 cm³/mol. The van der Waals surface area contributed by atoms with Crippen molar-refractivity contribution < 1.29 is 19.4 Å². The van der Waals surface area contributed by atoms with Gasteiger partial charge in [0.15, 0.2) is 0 Å². The SMILES string of the molecule is CCOC(=O)COCCN(CC)CCO. The molecule has 0 aromatic rings. The van der Waals surface area contributed by atoms with Crippen LogP contribution >= 0.6 is 0 Å². The molecule has 0 spiro atoms. The summed E-state index contributed by atoms with van der Waals surface area (Å²) in [6.45, 7) is 7.01. The summed E-state index contributed by atoms with van der Waals surface area (Å²) in [5, 5.41) is 8.73. The standard InChI is InChI=1S/C10H21NO4/c1-3-11(5-7-12)6-8-14-9-10(13)15-4-2/h12H,3-9H2,1-2H3. The fourth-order valence-corrected chi connectivity index (χ4v) is 1.12. The molecule has 0 unspecified atom stereocenters. The number of likely N-dealkylation sites (N-methyl/N-ethyl adjacent to an activating group) is 1. The third-order valence-corrected chi connectivity index (χ3v) is 1.94. The van der Waals surface area contributed by atoms with Gasteiger partial charge < -0.3 is 14.6 Å². The average Bonchev–Trinajstić information content (AvgIpc) is 2.23. The smallest absolute Gasteiger partial charge is 0.332 e. The van der Waals surface area contributed by atoms with E-state index < -0.39 is 0 Å². The summed E-state index contributed by atoms with van der Waals surface area (Å²) < 4.78 is 9.83. The molecule has 0 amide bonds. The van der Waals surface area contributed by atoms with Crippen LogP contribution in [0.25, 0.3) is 0 Å². The minimum absolute atomic E-state index is 0.00448. The second-order valence-electron chi connectivity index (χ2n) is 3.02. The minimum atomic E-state index is -0.331. The van der Waals surface area contributed by atoms with Gasteiger partial charge in [0.2, 0.25) is 0 Å². The van der Waals surface area contributed by atoms with E-state index in [1.807, 2.05) is 11.8 Å². The summed E-state index contributed by atoms with van der Waals surface area (Å²) in [6, 6.07) is 0. The Hall–Kier alpha value is -0.650. The number of carbonyl (C=O) groups is 1. The molecule has 5 heteroatoms. The first-order chi connectivity index (χ1) is 7.24. The Labute approximate surface area is 91.0 Å². The highest BCUT2D eigenvalue weighted by molar-refractivity contribution is 5.70. The topological polar surface area (TPSA) is 59.0 Å². The van der Waals surface area contributed by atoms with Gasteiger partial charge >= 0.3 is 5.97 Å². The first kappa shape index (κ1) is 14.3. The number of aliphatic hydroxyl groups is 1. The molecule has 0 radical (unpaired) electrons. The molecule has 0 atom stereocenters. The number of hydrogen-bond acceptors (Lipinski definition) is 5. The van der Waals surface area contributed by atoms with E-state index >= 15 is 0 Å². The van der Waals surface area contributed by atoms with Crippen molar-refractivity contribution >= 4 is 5.97 Å². The molecule has 0 heterocycles. The molecule has 0 aliphatic heterocycles. The van der Waals surface area contributed by atoms with Gasteiger partial charge in [0, 0.05) is 13.1 Å². The highest BCUT2D eigenvalue weighted by atomic mass is 16.6. The van der Waals surface area contributed by atoms with Gasteiger partial charge in [-0.15, -0.1) is 0 Å². The lowest BCUT2D eigenvalue weighted by Gasteiger charge is -2.18. The number of esters is 1. The van der Waals surface area contributed by atoms with Crippen LogP contribution in [0.4, 0.5) is 0 Å². The van der Waals surface area contributed by atoms with Crippen LogP contribution in [0.1, 0.15) is 13.8 Å². The largest absolute Gasteiger partial charge is 0.464 e. The lowest BCUT2D eigenvalue weighted by molar-refractivity contribution is -0.148. The average molecular weight is 219 g/mol. The summed E-state index contributed by atoms with van der Waals surface area (Å²) in [4.78, 5) is 12.9. The van der Waals surface area contributed by atoms with Crippen LogP contribution in [0.2, 0.25) is 0 Å². The Morgan fingerprint density at radius 1 is 1.33 bits per heavy atom. The second-order valence-corrected chi connectivity index (χ2v) is 3.02. The molecule has 0 aliphatic carbocycles. The predicted octanol–water partition coefficient (Wildman–Crippen LogP) is -0.120. The van der Waals surface area contributed by atoms with E-state index in [9.17, 15) is 4.79 Å². The van der Waals surface area contributed by atoms with Crippen LogP contribution in [0.15, 0.2) is 0 Å². The summed E-state index contributed by atoms with van der Waals surface area (Å²) in [6.07, 6.45) is 0. The molecule has 15 heavy (non-hydrogen) atoms. The second kappa shape index (κ2) is 9.89. The normalized spacial score (nSPS) is 10.7. The Bertz CT molecular complexity index is 164. The van der Waals surface area contributed by atoms with Gasteiger partial charge in [0.05, 0.1) is 19.8 Å². The monoisotopic (exact) mass is 219 g/mol. The van der Waals surface area contributed by atoms with Crippen molar-refractivity contribution in [3.8, 4) is 0 Å². The maximum absolute atomic E-state index is 10.9. The number of nitrogens with zero attached hydrogens (tertiary/aromatic N) is 1. The third-order valence-electron chi connectivity index (χ3n) is 1.94. The molecule has 1 N–H and O–H groups in total. The van der Waals surface area contributed by atoms with Crippen molar-refractivity contribution in [2.75, 3.05) is 46.1 Å². The molecule has 0 aromatic heterocycles. The van der Waals surface area contributed by atoms with E-state index in [-0.39, 0.29) is 19.2 Å². The van der Waals surface area contributed by atoms with Crippen molar-refractivity contribution in [2.24, 2.45) is 0 Å². The van der Waals surface area contributed by atoms with Crippen LogP contribution in [0.5, 0.6) is 0 Å². The van der Waals surface area contributed by atoms with Crippen molar-refractivity contribution in [1.29, 1.82) is 0 Å². The number of aliphatic hydroxyl groups excluding tert-OH is 1. The van der Waals surface area contributed by atoms with E-state index in [0.29, 0.717) is 19.8 Å². The summed E-state index contributed by atoms with van der Waals surface area (Å²) in [7, 11) is 0. The van der Waals surface area contributed by atoms with Crippen LogP contribution in [-0.2, 0) is 14.3 Å². The number of hydrogen-bond donors (Lipinski definition) is 1. The van der Waals surface area contributed by atoms with Gasteiger partial charge in [0.1, 0.15) is 6.61 Å². The zero-order chi connectivity index (χ0) is 11.5. The van der Waals surface area contributed by atoms with Gasteiger partial charge in [-0.25, -0.2) is 4.79 Å². The first-order valence-corrected chi connectivity index (χ1v) is 5.31. The van der Waals surface area contributed by atoms with Crippen molar-refractivity contribution in [2.45, 2.75) is 13.8 Å². The third kappa shape index (κ3) is 8.35. The molecule has 0 aliphatic rings. The van der Waals surface area contributed by atoms with Gasteiger partial charge in [-0.05, 0) is 13.5 Å². The number of rotatable bonds is 9. The first-order valence-electron chi connectivity index (χ1n) is 5.31. The molecule has 0 saturated carbocycles. The molecule has 0 saturated heterocycles. The highest BCUT2D eigenvalue weighted by Crippen LogP contribution is 1.88. The molecular formula is C10H21NO4. The van der Waals surface area contributed by atoms with E-state index in [2.05, 4.69) is 0 Å². The fraction of sp³-hybridized carbons (Fsp3) is 0.900. The van der Waals surface area contributed by atoms with Crippen molar-refractivity contribution in [3.63, 3.8) is 0 Å². The maximum Gasteiger partial charge on any atom is 0.332 e. The van der Waals surface area contributed by atoms with E-state index in [0.717, 1.165) is 13.1 Å². The van der Waals surface area contributed by atoms with Crippen molar-refractivity contribution in [3.05, 3.63) is 0 Å². The lowest BCUT2D eigenvalue weighted by Crippen LogP contribution is -2.30. The number of carbonyl (C=O) groups excluding carboxylic acids is 1. The van der Waals surface area contributed by atoms with Gasteiger partial charge in [-0.2, -0.15) is 0 Å². The molecule has 90 valence electrons. The minimum Gasteiger partial charge on any atom is -0.464 e. The molecule has 0 aromatic carbocycles. The van der Waals surface area contributed by atoms with Gasteiger partial charge in [0.25, 0.3) is 0 Å². The fourth-order valence-electron chi connectivity index (χ4n) is 1.12. The van der Waals surface area contributed by atoms with Crippen LogP contribution in [0, 0.1) is 0 Å². The number of ether oxygens (including phenoxy) is 2. The molecular weight excluding hydrogens is 198 g/mol. The molecule has 5 nitrogen and oxygen atoms in total. The highest BCUT2D eigenvalue weighted by Gasteiger charge is 2.03. The molecule has 0 rings (SSSR count). The van der Waals surface area contributed by atoms with E-state index in [4.69, 9.17) is 14.6 Å². The van der Waals surface area contributed by atoms with Gasteiger partial charge in [-0.1, -0.05) is 6.92 Å². The Kier molecular flexibility index (Phi) is 9.46. The van der Waals surface area contributed by atoms with Gasteiger partial charge in [-0.3, -0.25) is 4.90 Å². The Morgan fingerprint density at radius 3 is 2.60 bits per heavy atom. The summed E-state index contributed by atoms with van der Waals surface area (Å²) in [5.41, 5.74) is 0. The summed E-state index contributed by atoms with van der Waals surface area (Å²) in [5.74, 6) is -0.331. The summed E-state index contributed by atoms with van der Waals surface area (Å²) >= 11 is 0. The lowest BCUT2D eigenvalue weighted by atomic mass is 10.5. The van der Waals surface area contributed by atoms with Crippen LogP contribution in [0.3, 0.4) is 0 Å². The Balaban J connectivity index is 3.39. The van der Waals surface area contributed by atoms with E-state index in [1.165, 1.54) is 0 Å². The van der Waals surface area contributed by atoms with Crippen molar-refractivity contribution in [1.82, 2.24) is 4.90 Å². The zero-order valence-electron chi connectivity index (χ0n) is 9.57. The zero-order valence-corrected chi connectivity index (χ0v) is 9.57. The van der Waals surface area contributed by atoms with E-state index in [1.54, 1.807) is 6.92 Å². The molecule has 0 bridgehead atoms. The maximum atomic E-state index is 10.9.